The van der Waals surface area contributed by atoms with Crippen molar-refractivity contribution in [3.63, 3.8) is 0 Å². The number of hydrogen-bond donors (Lipinski definition) is 0. The second kappa shape index (κ2) is 6.92. The Morgan fingerprint density at radius 3 is 2.42 bits per heavy atom. The Morgan fingerprint density at radius 2 is 1.77 bits per heavy atom. The number of rotatable bonds is 4. The number of benzene rings is 1. The second-order valence-electron chi connectivity index (χ2n) is 6.55. The van der Waals surface area contributed by atoms with Gasteiger partial charge in [-0.25, -0.2) is 4.98 Å². The van der Waals surface area contributed by atoms with Gasteiger partial charge in [-0.3, -0.25) is 0 Å². The van der Waals surface area contributed by atoms with Crippen LogP contribution < -0.4 is 9.64 Å². The average molecular weight is 352 g/mol. The molecule has 4 rings (SSSR count). The minimum Gasteiger partial charge on any atom is -0.497 e. The molecule has 7 heteroatoms. The number of likely N-dealkylation sites (N-methyl/N-ethyl adjacent to an activating group) is 1. The summed E-state index contributed by atoms with van der Waals surface area (Å²) in [6.45, 7) is 9.44. The zero-order valence-electron chi connectivity index (χ0n) is 15.5. The molecule has 1 aromatic carbocycles. The van der Waals surface area contributed by atoms with E-state index in [-0.39, 0.29) is 0 Å². The molecule has 0 radical (unpaired) electrons. The summed E-state index contributed by atoms with van der Waals surface area (Å²) >= 11 is 0. The molecule has 0 unspecified atom stereocenters. The van der Waals surface area contributed by atoms with E-state index in [1.165, 1.54) is 0 Å². The molecule has 3 aromatic rings. The Balaban J connectivity index is 1.71. The molecule has 1 aliphatic heterocycles. The third-order valence-electron chi connectivity index (χ3n) is 4.91. The van der Waals surface area contributed by atoms with Gasteiger partial charge in [-0.15, -0.1) is 5.10 Å². The quantitative estimate of drug-likeness (QED) is 0.718. The number of hydrogen-bond acceptors (Lipinski definition) is 6. The number of nitrogens with zero attached hydrogens (tertiary/aromatic N) is 6. The summed E-state index contributed by atoms with van der Waals surface area (Å²) in [7, 11) is 1.66. The molecule has 0 spiro atoms. The van der Waals surface area contributed by atoms with Crippen molar-refractivity contribution in [2.75, 3.05) is 44.7 Å². The Kier molecular flexibility index (Phi) is 4.46. The number of aromatic nitrogens is 4. The minimum atomic E-state index is 0.642. The van der Waals surface area contributed by atoms with Gasteiger partial charge < -0.3 is 14.5 Å². The number of aryl methyl sites for hydroxylation is 1. The van der Waals surface area contributed by atoms with Crippen LogP contribution >= 0.6 is 0 Å². The number of anilines is 1. The van der Waals surface area contributed by atoms with Crippen molar-refractivity contribution in [2.24, 2.45) is 0 Å². The van der Waals surface area contributed by atoms with Crippen molar-refractivity contribution < 1.29 is 4.74 Å². The Morgan fingerprint density at radius 1 is 1.04 bits per heavy atom. The van der Waals surface area contributed by atoms with Gasteiger partial charge >= 0.3 is 0 Å². The van der Waals surface area contributed by atoms with E-state index in [0.717, 1.165) is 55.5 Å². The lowest BCUT2D eigenvalue weighted by atomic mass is 10.2. The molecule has 7 nitrogen and oxygen atoms in total. The van der Waals surface area contributed by atoms with Gasteiger partial charge in [-0.2, -0.15) is 9.50 Å². The van der Waals surface area contributed by atoms with Crippen LogP contribution in [0.2, 0.25) is 0 Å². The zero-order chi connectivity index (χ0) is 18.1. The van der Waals surface area contributed by atoms with E-state index >= 15 is 0 Å². The monoisotopic (exact) mass is 352 g/mol. The predicted molar refractivity (Wildman–Crippen MR) is 102 cm³/mol. The third-order valence-corrected chi connectivity index (χ3v) is 4.91. The fourth-order valence-electron chi connectivity index (χ4n) is 3.35. The maximum Gasteiger partial charge on any atom is 0.254 e. The van der Waals surface area contributed by atoms with Crippen LogP contribution in [0, 0.1) is 6.92 Å². The van der Waals surface area contributed by atoms with Crippen LogP contribution in [0.5, 0.6) is 5.75 Å². The van der Waals surface area contributed by atoms with Gasteiger partial charge in [0.25, 0.3) is 5.78 Å². The van der Waals surface area contributed by atoms with Crippen molar-refractivity contribution in [1.82, 2.24) is 24.5 Å². The normalized spacial score (nSPS) is 15.6. The fourth-order valence-corrected chi connectivity index (χ4v) is 3.35. The van der Waals surface area contributed by atoms with Crippen molar-refractivity contribution in [3.05, 3.63) is 36.0 Å². The van der Waals surface area contributed by atoms with Gasteiger partial charge in [0, 0.05) is 43.5 Å². The highest BCUT2D eigenvalue weighted by Gasteiger charge is 2.20. The van der Waals surface area contributed by atoms with E-state index in [9.17, 15) is 0 Å². The summed E-state index contributed by atoms with van der Waals surface area (Å²) in [5, 5.41) is 4.74. The molecule has 0 bridgehead atoms. The van der Waals surface area contributed by atoms with Crippen LogP contribution in [0.3, 0.4) is 0 Å². The molecular formula is C19H24N6O. The van der Waals surface area contributed by atoms with E-state index in [0.29, 0.717) is 11.6 Å². The first-order chi connectivity index (χ1) is 12.7. The lowest BCUT2D eigenvalue weighted by Gasteiger charge is -2.35. The highest BCUT2D eigenvalue weighted by Crippen LogP contribution is 2.23. The molecule has 1 fully saturated rings. The summed E-state index contributed by atoms with van der Waals surface area (Å²) in [5.74, 6) is 3.21. The maximum atomic E-state index is 5.23. The molecular weight excluding hydrogens is 328 g/mol. The molecule has 0 N–H and O–H groups in total. The lowest BCUT2D eigenvalue weighted by Crippen LogP contribution is -2.46. The topological polar surface area (TPSA) is 58.8 Å². The van der Waals surface area contributed by atoms with E-state index in [2.05, 4.69) is 32.8 Å². The highest BCUT2D eigenvalue weighted by molar-refractivity contribution is 5.60. The fraction of sp³-hybridized carbons (Fsp3) is 0.421. The SMILES string of the molecule is CCN1CCN(c2cc(C)nc3nc(-c4ccc(OC)cc4)nn23)CC1. The van der Waals surface area contributed by atoms with E-state index < -0.39 is 0 Å². The van der Waals surface area contributed by atoms with E-state index in [1.54, 1.807) is 7.11 Å². The Bertz CT molecular complexity index is 896. The maximum absolute atomic E-state index is 5.23. The average Bonchev–Trinajstić information content (AvgIpc) is 3.11. The first kappa shape index (κ1) is 16.8. The van der Waals surface area contributed by atoms with Crippen LogP contribution in [0.4, 0.5) is 5.82 Å². The number of methoxy groups -OCH3 is 1. The van der Waals surface area contributed by atoms with Gasteiger partial charge in [0.15, 0.2) is 5.82 Å². The van der Waals surface area contributed by atoms with Crippen LogP contribution in [0.1, 0.15) is 12.6 Å². The summed E-state index contributed by atoms with van der Waals surface area (Å²) in [4.78, 5) is 14.1. The summed E-state index contributed by atoms with van der Waals surface area (Å²) in [5.41, 5.74) is 1.91. The molecule has 1 aliphatic rings. The molecule has 26 heavy (non-hydrogen) atoms. The molecule has 0 atom stereocenters. The van der Waals surface area contributed by atoms with Crippen molar-refractivity contribution in [1.29, 1.82) is 0 Å². The van der Waals surface area contributed by atoms with Gasteiger partial charge in [-0.05, 0) is 37.7 Å². The minimum absolute atomic E-state index is 0.642. The number of fused-ring (bicyclic) bond motifs is 1. The van der Waals surface area contributed by atoms with Crippen LogP contribution in [-0.2, 0) is 0 Å². The van der Waals surface area contributed by atoms with Crippen molar-refractivity contribution in [2.45, 2.75) is 13.8 Å². The molecule has 0 aliphatic carbocycles. The standard InChI is InChI=1S/C19H24N6O/c1-4-23-9-11-24(12-10-23)17-13-14(2)20-19-21-18(22-25(17)19)15-5-7-16(26-3)8-6-15/h5-8,13H,4,9-12H2,1-3H3. The third kappa shape index (κ3) is 3.10. The van der Waals surface area contributed by atoms with Crippen LogP contribution in [0.25, 0.3) is 17.2 Å². The lowest BCUT2D eigenvalue weighted by molar-refractivity contribution is 0.270. The predicted octanol–water partition coefficient (Wildman–Crippen LogP) is 2.25. The first-order valence-electron chi connectivity index (χ1n) is 9.04. The zero-order valence-corrected chi connectivity index (χ0v) is 15.5. The Labute approximate surface area is 153 Å². The molecule has 136 valence electrons. The van der Waals surface area contributed by atoms with Crippen molar-refractivity contribution >= 4 is 11.6 Å². The largest absolute Gasteiger partial charge is 0.497 e. The van der Waals surface area contributed by atoms with Gasteiger partial charge in [0.1, 0.15) is 11.6 Å². The molecule has 1 saturated heterocycles. The summed E-state index contributed by atoms with van der Waals surface area (Å²) in [6.07, 6.45) is 0. The molecule has 0 saturated carbocycles. The van der Waals surface area contributed by atoms with Gasteiger partial charge in [0.2, 0.25) is 0 Å². The van der Waals surface area contributed by atoms with Gasteiger partial charge in [-0.1, -0.05) is 6.92 Å². The number of ether oxygens (including phenoxy) is 1. The van der Waals surface area contributed by atoms with E-state index in [4.69, 9.17) is 9.84 Å². The molecule has 3 heterocycles. The van der Waals surface area contributed by atoms with Crippen LogP contribution in [0.15, 0.2) is 30.3 Å². The highest BCUT2D eigenvalue weighted by atomic mass is 16.5. The smallest absolute Gasteiger partial charge is 0.254 e. The van der Waals surface area contributed by atoms with Crippen molar-refractivity contribution in [3.8, 4) is 17.1 Å². The first-order valence-corrected chi connectivity index (χ1v) is 9.04. The summed E-state index contributed by atoms with van der Waals surface area (Å²) in [6, 6.07) is 9.89. The molecule has 0 amide bonds. The van der Waals surface area contributed by atoms with Crippen LogP contribution in [-0.4, -0.2) is 64.3 Å². The van der Waals surface area contributed by atoms with E-state index in [1.807, 2.05) is 35.7 Å². The Hall–Kier alpha value is -2.67. The number of piperazine rings is 1. The summed E-state index contributed by atoms with van der Waals surface area (Å²) < 4.78 is 7.10. The second-order valence-corrected chi connectivity index (χ2v) is 6.55. The molecule has 2 aromatic heterocycles. The van der Waals surface area contributed by atoms with Gasteiger partial charge in [0.05, 0.1) is 7.11 Å².